The van der Waals surface area contributed by atoms with Crippen LogP contribution in [0.3, 0.4) is 0 Å². The summed E-state index contributed by atoms with van der Waals surface area (Å²) in [4.78, 5) is 59.5. The average Bonchev–Trinajstić information content (AvgIpc) is 3.72. The van der Waals surface area contributed by atoms with Gasteiger partial charge in [0.15, 0.2) is 11.5 Å². The molecule has 6 atom stereocenters. The molecule has 4 aromatic rings. The number of nitrogens with zero attached hydrogens (tertiary/aromatic N) is 4. The molecule has 246 valence electrons. The number of benzene rings is 2. The fourth-order valence-corrected chi connectivity index (χ4v) is 10.2. The molecule has 3 fully saturated rings. The van der Waals surface area contributed by atoms with Crippen molar-refractivity contribution in [1.29, 1.82) is 0 Å². The topological polar surface area (TPSA) is 122 Å². The van der Waals surface area contributed by atoms with Gasteiger partial charge < -0.3 is 9.84 Å². The quantitative estimate of drug-likeness (QED) is 0.212. The maximum atomic E-state index is 14.9. The summed E-state index contributed by atoms with van der Waals surface area (Å²) in [5.74, 6) is -4.09. The fraction of sp³-hybridized carbons (Fsp3) is 0.361. The Hall–Kier alpha value is -4.48. The van der Waals surface area contributed by atoms with Crippen molar-refractivity contribution in [2.24, 2.45) is 36.1 Å². The Morgan fingerprint density at radius 3 is 2.56 bits per heavy atom. The summed E-state index contributed by atoms with van der Waals surface area (Å²) in [6, 6.07) is 12.6. The van der Waals surface area contributed by atoms with E-state index in [-0.39, 0.29) is 29.7 Å². The van der Waals surface area contributed by atoms with Gasteiger partial charge >= 0.3 is 0 Å². The molecule has 12 heteroatoms. The maximum absolute atomic E-state index is 14.9. The highest BCUT2D eigenvalue weighted by Crippen LogP contribution is 2.64. The van der Waals surface area contributed by atoms with Gasteiger partial charge in [0.1, 0.15) is 11.5 Å². The van der Waals surface area contributed by atoms with E-state index in [0.717, 1.165) is 26.1 Å². The van der Waals surface area contributed by atoms with Gasteiger partial charge in [-0.2, -0.15) is 5.10 Å². The van der Waals surface area contributed by atoms with Gasteiger partial charge in [0.2, 0.25) is 23.6 Å². The molecule has 1 saturated carbocycles. The van der Waals surface area contributed by atoms with Crippen LogP contribution in [0.15, 0.2) is 54.1 Å². The van der Waals surface area contributed by atoms with E-state index in [1.165, 1.54) is 24.0 Å². The third-order valence-corrected chi connectivity index (χ3v) is 12.8. The van der Waals surface area contributed by atoms with Gasteiger partial charge in [-0.05, 0) is 67.8 Å². The summed E-state index contributed by atoms with van der Waals surface area (Å²) in [5, 5.41) is 17.9. The molecule has 6 unspecified atom stereocenters. The predicted molar refractivity (Wildman–Crippen MR) is 181 cm³/mol. The molecule has 1 N–H and O–H groups in total. The Morgan fingerprint density at radius 1 is 1.04 bits per heavy atom. The van der Waals surface area contributed by atoms with Crippen molar-refractivity contribution in [1.82, 2.24) is 14.7 Å². The number of imide groups is 2. The number of phenolic OH excluding ortho intramolecular Hbond substituents is 1. The normalized spacial score (nSPS) is 28.2. The minimum absolute atomic E-state index is 0.124. The minimum atomic E-state index is -1.32. The summed E-state index contributed by atoms with van der Waals surface area (Å²) in [6.07, 6.45) is 2.52. The second kappa shape index (κ2) is 10.5. The molecule has 10 nitrogen and oxygen atoms in total. The third-order valence-electron chi connectivity index (χ3n) is 11.3. The van der Waals surface area contributed by atoms with Crippen LogP contribution in [0.2, 0.25) is 5.02 Å². The number of halogens is 1. The Balaban J connectivity index is 1.27. The van der Waals surface area contributed by atoms with E-state index in [0.29, 0.717) is 28.5 Å². The minimum Gasteiger partial charge on any atom is -0.504 e. The van der Waals surface area contributed by atoms with Crippen LogP contribution in [0.4, 0.5) is 5.82 Å². The molecule has 2 saturated heterocycles. The number of allylic oxidation sites excluding steroid dienone is 2. The highest BCUT2D eigenvalue weighted by molar-refractivity contribution is 7.22. The number of para-hydroxylation sites is 1. The number of hydrogen-bond acceptors (Lipinski definition) is 8. The van der Waals surface area contributed by atoms with E-state index < -0.39 is 46.8 Å². The first-order chi connectivity index (χ1) is 22.9. The Morgan fingerprint density at radius 2 is 1.81 bits per heavy atom. The highest BCUT2D eigenvalue weighted by Gasteiger charge is 2.68. The van der Waals surface area contributed by atoms with Crippen molar-refractivity contribution in [2.45, 2.75) is 32.6 Å². The van der Waals surface area contributed by atoms with Crippen molar-refractivity contribution in [3.63, 3.8) is 0 Å². The first-order valence-corrected chi connectivity index (χ1v) is 17.1. The molecule has 4 amide bonds. The van der Waals surface area contributed by atoms with Gasteiger partial charge in [-0.3, -0.25) is 28.8 Å². The van der Waals surface area contributed by atoms with Crippen molar-refractivity contribution in [3.05, 3.63) is 70.3 Å². The van der Waals surface area contributed by atoms with Crippen LogP contribution in [0, 0.1) is 36.0 Å². The number of aromatic hydroxyl groups is 1. The van der Waals surface area contributed by atoms with E-state index >= 15 is 0 Å². The summed E-state index contributed by atoms with van der Waals surface area (Å²) in [7, 11) is 4.66. The number of carbonyl (C=O) groups excluding carboxylic acids is 4. The van der Waals surface area contributed by atoms with E-state index in [1.807, 2.05) is 31.2 Å². The van der Waals surface area contributed by atoms with Crippen molar-refractivity contribution < 1.29 is 29.0 Å². The second-order valence-electron chi connectivity index (χ2n) is 13.5. The number of anilines is 1. The van der Waals surface area contributed by atoms with Crippen molar-refractivity contribution >= 4 is 62.5 Å². The number of likely N-dealkylation sites (tertiary alicyclic amines) is 1. The highest BCUT2D eigenvalue weighted by atomic mass is 35.5. The lowest BCUT2D eigenvalue weighted by molar-refractivity contribution is -0.138. The fourth-order valence-electron chi connectivity index (χ4n) is 8.89. The molecule has 0 spiro atoms. The zero-order valence-electron chi connectivity index (χ0n) is 27.0. The van der Waals surface area contributed by atoms with Gasteiger partial charge in [0.25, 0.3) is 0 Å². The zero-order valence-corrected chi connectivity index (χ0v) is 28.6. The average molecular weight is 685 g/mol. The number of rotatable bonds is 4. The number of phenols is 1. The number of thiophene rings is 1. The smallest absolute Gasteiger partial charge is 0.242 e. The lowest BCUT2D eigenvalue weighted by Gasteiger charge is -2.49. The largest absolute Gasteiger partial charge is 0.504 e. The van der Waals surface area contributed by atoms with Gasteiger partial charge in [0.05, 0.1) is 35.2 Å². The first-order valence-electron chi connectivity index (χ1n) is 15.9. The Bertz CT molecular complexity index is 2150. The molecule has 4 heterocycles. The van der Waals surface area contributed by atoms with Crippen molar-refractivity contribution in [2.75, 3.05) is 19.1 Å². The van der Waals surface area contributed by atoms with Crippen LogP contribution in [-0.2, 0) is 26.2 Å². The van der Waals surface area contributed by atoms with E-state index in [4.69, 9.17) is 21.4 Å². The lowest BCUT2D eigenvalue weighted by Crippen LogP contribution is -2.48. The van der Waals surface area contributed by atoms with Crippen LogP contribution < -0.4 is 9.64 Å². The molecule has 4 aliphatic rings. The lowest BCUT2D eigenvalue weighted by atomic mass is 9.51. The summed E-state index contributed by atoms with van der Waals surface area (Å²) >= 11 is 7.85. The van der Waals surface area contributed by atoms with Gasteiger partial charge in [0, 0.05) is 41.4 Å². The Labute approximate surface area is 285 Å². The standard InChI is InChI=1S/C36H33ClN4O6S/c1-16-21-13-17(37)9-12-26(21)48-31(16)24-15-27(40(4)38-24)41-33(44)23-14-22-18(10-11-19-28(22)34(45)39(3)32(19)43)29(36(23,2)35(41)46)20-7-6-8-25(47-5)30(20)42/h6-10,12-13,15,19,22-23,28-29,42H,11,14H2,1-5H3. The number of aryl methyl sites for hydroxylation is 2. The van der Waals surface area contributed by atoms with Crippen LogP contribution in [0.5, 0.6) is 11.5 Å². The van der Waals surface area contributed by atoms with Gasteiger partial charge in [-0.25, -0.2) is 4.90 Å². The number of carbonyl (C=O) groups is 4. The maximum Gasteiger partial charge on any atom is 0.242 e. The summed E-state index contributed by atoms with van der Waals surface area (Å²) in [6.45, 7) is 3.79. The molecule has 2 aliphatic carbocycles. The number of methoxy groups -OCH3 is 1. The van der Waals surface area contributed by atoms with Crippen LogP contribution in [0.25, 0.3) is 20.7 Å². The summed E-state index contributed by atoms with van der Waals surface area (Å²) < 4.78 is 8.05. The molecule has 2 aromatic carbocycles. The van der Waals surface area contributed by atoms with E-state index in [9.17, 15) is 24.3 Å². The van der Waals surface area contributed by atoms with E-state index in [2.05, 4.69) is 0 Å². The summed E-state index contributed by atoms with van der Waals surface area (Å²) in [5.41, 5.74) is 1.55. The molecule has 2 aliphatic heterocycles. The second-order valence-corrected chi connectivity index (χ2v) is 15.0. The number of aromatic nitrogens is 2. The number of fused-ring (bicyclic) bond motifs is 5. The number of amides is 4. The van der Waals surface area contributed by atoms with E-state index in [1.54, 1.807) is 54.3 Å². The van der Waals surface area contributed by atoms with Crippen LogP contribution in [0.1, 0.15) is 36.8 Å². The predicted octanol–water partition coefficient (Wildman–Crippen LogP) is 5.84. The number of ether oxygens (including phenoxy) is 1. The molecule has 48 heavy (non-hydrogen) atoms. The molecule has 0 bridgehead atoms. The molecule has 2 aromatic heterocycles. The number of hydrogen-bond donors (Lipinski definition) is 1. The molecule has 0 radical (unpaired) electrons. The zero-order chi connectivity index (χ0) is 34.0. The van der Waals surface area contributed by atoms with Gasteiger partial charge in [-0.1, -0.05) is 35.4 Å². The SMILES string of the molecule is COc1cccc(C2C3=CCC4C(=O)N(C)C(=O)C4C3CC3C(=O)N(c4cc(-c5sc6ccc(Cl)cc6c5C)nn4C)C(=O)C32C)c1O. The third kappa shape index (κ3) is 3.94. The Kier molecular flexibility index (Phi) is 6.75. The molecule has 8 rings (SSSR count). The molecular weight excluding hydrogens is 652 g/mol. The van der Waals surface area contributed by atoms with Crippen LogP contribution >= 0.6 is 22.9 Å². The monoisotopic (exact) mass is 684 g/mol. The first kappa shape index (κ1) is 30.8. The van der Waals surface area contributed by atoms with Crippen molar-refractivity contribution in [3.8, 4) is 22.1 Å². The molecular formula is C36H33ClN4O6S. The van der Waals surface area contributed by atoms with Crippen LogP contribution in [-0.4, -0.2) is 57.6 Å². The van der Waals surface area contributed by atoms with Gasteiger partial charge in [-0.15, -0.1) is 11.3 Å².